The van der Waals surface area contributed by atoms with Crippen LogP contribution in [0.5, 0.6) is 0 Å². The fourth-order valence-electron chi connectivity index (χ4n) is 2.56. The van der Waals surface area contributed by atoms with E-state index in [0.717, 1.165) is 25.9 Å². The van der Waals surface area contributed by atoms with Crippen molar-refractivity contribution in [1.82, 2.24) is 10.2 Å². The number of nitrogens with zero attached hydrogens (tertiary/aromatic N) is 1. The fraction of sp³-hybridized carbons (Fsp3) is 0.643. The summed E-state index contributed by atoms with van der Waals surface area (Å²) >= 11 is 1.69. The van der Waals surface area contributed by atoms with Gasteiger partial charge in [0.05, 0.1) is 6.04 Å². The van der Waals surface area contributed by atoms with Crippen LogP contribution in [0, 0.1) is 5.41 Å². The van der Waals surface area contributed by atoms with E-state index in [1.165, 1.54) is 5.56 Å². The summed E-state index contributed by atoms with van der Waals surface area (Å²) < 4.78 is 0. The number of hydrogen-bond acceptors (Lipinski definition) is 3. The van der Waals surface area contributed by atoms with E-state index >= 15 is 0 Å². The van der Waals surface area contributed by atoms with Crippen molar-refractivity contribution in [2.24, 2.45) is 5.41 Å². The molecule has 1 saturated heterocycles. The first-order valence-electron chi connectivity index (χ1n) is 6.49. The highest BCUT2D eigenvalue weighted by atomic mass is 32.1. The van der Waals surface area contributed by atoms with E-state index in [-0.39, 0.29) is 17.4 Å². The molecule has 0 saturated carbocycles. The molecule has 0 aromatic carbocycles. The second-order valence-electron chi connectivity index (χ2n) is 5.87. The number of carbonyl (C=O) groups is 1. The summed E-state index contributed by atoms with van der Waals surface area (Å²) in [6, 6.07) is 2.08. The van der Waals surface area contributed by atoms with Gasteiger partial charge in [-0.3, -0.25) is 4.79 Å². The summed E-state index contributed by atoms with van der Waals surface area (Å²) in [5.74, 6) is 0.245. The fourth-order valence-corrected chi connectivity index (χ4v) is 3.22. The molecular weight excluding hydrogens is 244 g/mol. The van der Waals surface area contributed by atoms with Crippen LogP contribution in [0.2, 0.25) is 0 Å². The van der Waals surface area contributed by atoms with Gasteiger partial charge < -0.3 is 10.2 Å². The number of thiophene rings is 1. The predicted molar refractivity (Wildman–Crippen MR) is 75.6 cm³/mol. The van der Waals surface area contributed by atoms with Gasteiger partial charge in [0, 0.05) is 13.1 Å². The Bertz CT molecular complexity index is 400. The molecule has 4 heteroatoms. The summed E-state index contributed by atoms with van der Waals surface area (Å²) in [7, 11) is 1.88. The molecule has 1 aromatic rings. The molecule has 0 radical (unpaired) electrons. The predicted octanol–water partition coefficient (Wildman–Crippen LogP) is 2.48. The quantitative estimate of drug-likeness (QED) is 0.911. The minimum absolute atomic E-state index is 0.0228. The Morgan fingerprint density at radius 2 is 2.33 bits per heavy atom. The van der Waals surface area contributed by atoms with E-state index in [2.05, 4.69) is 36.0 Å². The molecule has 2 heterocycles. The Labute approximate surface area is 113 Å². The van der Waals surface area contributed by atoms with Crippen molar-refractivity contribution >= 4 is 17.2 Å². The maximum Gasteiger partial charge on any atom is 0.240 e. The SMILES string of the molecule is CNC1CCC(C)(C)CN(Cc2ccsc2)C1=O. The number of rotatable bonds is 3. The molecular formula is C14H22N2OS. The lowest BCUT2D eigenvalue weighted by Crippen LogP contribution is -2.44. The van der Waals surface area contributed by atoms with Gasteiger partial charge in [0.15, 0.2) is 0 Å². The van der Waals surface area contributed by atoms with Crippen LogP contribution in [0.25, 0.3) is 0 Å². The van der Waals surface area contributed by atoms with Crippen molar-refractivity contribution in [1.29, 1.82) is 0 Å². The highest BCUT2D eigenvalue weighted by Gasteiger charge is 2.33. The Balaban J connectivity index is 2.15. The van der Waals surface area contributed by atoms with Gasteiger partial charge in [-0.1, -0.05) is 13.8 Å². The van der Waals surface area contributed by atoms with Gasteiger partial charge >= 0.3 is 0 Å². The Kier molecular flexibility index (Phi) is 4.07. The van der Waals surface area contributed by atoms with Gasteiger partial charge in [-0.15, -0.1) is 0 Å². The van der Waals surface area contributed by atoms with Crippen molar-refractivity contribution in [2.45, 2.75) is 39.3 Å². The summed E-state index contributed by atoms with van der Waals surface area (Å²) in [4.78, 5) is 14.5. The summed E-state index contributed by atoms with van der Waals surface area (Å²) in [5.41, 5.74) is 1.44. The second-order valence-corrected chi connectivity index (χ2v) is 6.65. The van der Waals surface area contributed by atoms with Crippen molar-refractivity contribution in [3.8, 4) is 0 Å². The normalized spacial score (nSPS) is 24.1. The van der Waals surface area contributed by atoms with E-state index in [0.29, 0.717) is 0 Å². The summed E-state index contributed by atoms with van der Waals surface area (Å²) in [6.45, 7) is 6.08. The minimum Gasteiger partial charge on any atom is -0.336 e. The molecule has 3 nitrogen and oxygen atoms in total. The Morgan fingerprint density at radius 1 is 1.56 bits per heavy atom. The van der Waals surface area contributed by atoms with Crippen LogP contribution in [-0.4, -0.2) is 30.4 Å². The molecule has 0 aliphatic carbocycles. The molecule has 1 unspecified atom stereocenters. The molecule has 2 rings (SSSR count). The van der Waals surface area contributed by atoms with Crippen LogP contribution in [0.3, 0.4) is 0 Å². The number of carbonyl (C=O) groups excluding carboxylic acids is 1. The highest BCUT2D eigenvalue weighted by molar-refractivity contribution is 7.07. The smallest absolute Gasteiger partial charge is 0.240 e. The van der Waals surface area contributed by atoms with Gasteiger partial charge in [-0.25, -0.2) is 0 Å². The summed E-state index contributed by atoms with van der Waals surface area (Å²) in [6.07, 6.45) is 2.02. The van der Waals surface area contributed by atoms with Crippen molar-refractivity contribution in [2.75, 3.05) is 13.6 Å². The third-order valence-corrected chi connectivity index (χ3v) is 4.37. The molecule has 1 amide bonds. The number of likely N-dealkylation sites (tertiary alicyclic amines) is 1. The molecule has 1 fully saturated rings. The second kappa shape index (κ2) is 5.41. The largest absolute Gasteiger partial charge is 0.336 e. The van der Waals surface area contributed by atoms with Gasteiger partial charge in [-0.05, 0) is 47.7 Å². The molecule has 0 spiro atoms. The maximum absolute atomic E-state index is 12.5. The lowest BCUT2D eigenvalue weighted by molar-refractivity contribution is -0.134. The molecule has 18 heavy (non-hydrogen) atoms. The van der Waals surface area contributed by atoms with E-state index in [1.54, 1.807) is 11.3 Å². The van der Waals surface area contributed by atoms with E-state index < -0.39 is 0 Å². The Morgan fingerprint density at radius 3 is 2.94 bits per heavy atom. The maximum atomic E-state index is 12.5. The molecule has 0 bridgehead atoms. The first-order valence-corrected chi connectivity index (χ1v) is 7.43. The van der Waals surface area contributed by atoms with Crippen LogP contribution in [-0.2, 0) is 11.3 Å². The standard InChI is InChI=1S/C14H22N2OS/c1-14(2)6-4-12(15-3)13(17)16(10-14)8-11-5-7-18-9-11/h5,7,9,12,15H,4,6,8,10H2,1-3H3. The first-order chi connectivity index (χ1) is 8.52. The van der Waals surface area contributed by atoms with Crippen LogP contribution in [0.1, 0.15) is 32.3 Å². The van der Waals surface area contributed by atoms with Gasteiger partial charge in [0.2, 0.25) is 5.91 Å². The summed E-state index contributed by atoms with van der Waals surface area (Å²) in [5, 5.41) is 7.34. The zero-order valence-corrected chi connectivity index (χ0v) is 12.2. The number of nitrogens with one attached hydrogen (secondary N) is 1. The van der Waals surface area contributed by atoms with E-state index in [1.807, 2.05) is 11.9 Å². The molecule has 1 N–H and O–H groups in total. The van der Waals surface area contributed by atoms with Crippen LogP contribution >= 0.6 is 11.3 Å². The lowest BCUT2D eigenvalue weighted by Gasteiger charge is -2.29. The molecule has 1 aromatic heterocycles. The third-order valence-electron chi connectivity index (χ3n) is 3.64. The van der Waals surface area contributed by atoms with E-state index in [9.17, 15) is 4.79 Å². The Hall–Kier alpha value is -0.870. The van der Waals surface area contributed by atoms with Crippen LogP contribution in [0.4, 0.5) is 0 Å². The van der Waals surface area contributed by atoms with Gasteiger partial charge in [-0.2, -0.15) is 11.3 Å². The highest BCUT2D eigenvalue weighted by Crippen LogP contribution is 2.29. The van der Waals surface area contributed by atoms with Gasteiger partial charge in [0.1, 0.15) is 0 Å². The zero-order chi connectivity index (χ0) is 13.2. The zero-order valence-electron chi connectivity index (χ0n) is 11.4. The third kappa shape index (κ3) is 3.12. The average Bonchev–Trinajstić information content (AvgIpc) is 2.77. The number of likely N-dealkylation sites (N-methyl/N-ethyl adjacent to an activating group) is 1. The monoisotopic (exact) mass is 266 g/mol. The molecule has 1 atom stereocenters. The number of amides is 1. The van der Waals surface area contributed by atoms with Crippen molar-refractivity contribution in [3.63, 3.8) is 0 Å². The lowest BCUT2D eigenvalue weighted by atomic mass is 9.87. The average molecular weight is 266 g/mol. The first kappa shape index (κ1) is 13.6. The molecule has 1 aliphatic rings. The van der Waals surface area contributed by atoms with Crippen molar-refractivity contribution < 1.29 is 4.79 Å². The number of hydrogen-bond donors (Lipinski definition) is 1. The van der Waals surface area contributed by atoms with Crippen LogP contribution < -0.4 is 5.32 Å². The minimum atomic E-state index is -0.0228. The van der Waals surface area contributed by atoms with Crippen molar-refractivity contribution in [3.05, 3.63) is 22.4 Å². The molecule has 100 valence electrons. The van der Waals surface area contributed by atoms with Crippen LogP contribution in [0.15, 0.2) is 16.8 Å². The topological polar surface area (TPSA) is 32.3 Å². The molecule has 1 aliphatic heterocycles. The van der Waals surface area contributed by atoms with Gasteiger partial charge in [0.25, 0.3) is 0 Å². The van der Waals surface area contributed by atoms with E-state index in [4.69, 9.17) is 0 Å².